The molecule has 6 rings (SSSR count). The maximum absolute atomic E-state index is 6.62. The lowest BCUT2D eigenvalue weighted by atomic mass is 9.95. The molecule has 0 aliphatic carbocycles. The Kier molecular flexibility index (Phi) is 4.60. The van der Waals surface area contributed by atoms with E-state index in [4.69, 9.17) is 11.6 Å². The highest BCUT2D eigenvalue weighted by atomic mass is 35.5. The van der Waals surface area contributed by atoms with Gasteiger partial charge in [-0.15, -0.1) is 0 Å². The van der Waals surface area contributed by atoms with Crippen molar-refractivity contribution in [3.63, 3.8) is 0 Å². The van der Waals surface area contributed by atoms with Crippen LogP contribution in [-0.4, -0.2) is 8.07 Å². The summed E-state index contributed by atoms with van der Waals surface area (Å²) in [6.07, 6.45) is 0. The number of benzene rings is 5. The van der Waals surface area contributed by atoms with Crippen molar-refractivity contribution in [2.75, 3.05) is 0 Å². The first kappa shape index (κ1) is 19.3. The molecule has 0 aromatic heterocycles. The maximum atomic E-state index is 6.62. The van der Waals surface area contributed by atoms with Crippen LogP contribution >= 0.6 is 11.6 Å². The predicted molar refractivity (Wildman–Crippen MR) is 139 cm³/mol. The molecule has 0 atom stereocenters. The number of fused-ring (bicyclic) bond motifs is 5. The zero-order chi connectivity index (χ0) is 21.5. The molecule has 32 heavy (non-hydrogen) atoms. The van der Waals surface area contributed by atoms with E-state index in [2.05, 4.69) is 121 Å². The third-order valence-corrected chi connectivity index (χ3v) is 11.7. The van der Waals surface area contributed by atoms with Crippen LogP contribution in [0.1, 0.15) is 0 Å². The van der Waals surface area contributed by atoms with Crippen LogP contribution in [0.3, 0.4) is 0 Å². The van der Waals surface area contributed by atoms with Crippen LogP contribution in [0.4, 0.5) is 0 Å². The second kappa shape index (κ2) is 7.63. The molecule has 0 saturated heterocycles. The minimum Gasteiger partial charge on any atom is -0.0843 e. The molecule has 0 amide bonds. The number of rotatable bonds is 2. The fraction of sp³-hybridized carbons (Fsp3) is 0. The molecular formula is C30H21ClSi. The van der Waals surface area contributed by atoms with E-state index in [-0.39, 0.29) is 0 Å². The van der Waals surface area contributed by atoms with Crippen LogP contribution in [0.15, 0.2) is 127 Å². The highest BCUT2D eigenvalue weighted by Crippen LogP contribution is 2.35. The minimum atomic E-state index is -2.64. The number of hydrogen-bond acceptors (Lipinski definition) is 0. The van der Waals surface area contributed by atoms with Crippen molar-refractivity contribution < 1.29 is 0 Å². The molecule has 0 nitrogen and oxygen atoms in total. The highest BCUT2D eigenvalue weighted by Gasteiger charge is 2.46. The molecular weight excluding hydrogens is 424 g/mol. The van der Waals surface area contributed by atoms with Crippen LogP contribution in [-0.2, 0) is 0 Å². The van der Waals surface area contributed by atoms with E-state index < -0.39 is 8.07 Å². The van der Waals surface area contributed by atoms with Gasteiger partial charge in [0.05, 0.1) is 0 Å². The summed E-state index contributed by atoms with van der Waals surface area (Å²) < 4.78 is 0. The molecule has 0 radical (unpaired) electrons. The van der Waals surface area contributed by atoms with Crippen LogP contribution in [0.25, 0.3) is 22.3 Å². The van der Waals surface area contributed by atoms with Crippen molar-refractivity contribution in [3.05, 3.63) is 132 Å². The SMILES string of the molecule is Clc1cccc([Si]2(c3ccccc3)c3ccccc3-c3ccccc3-c3ccccc32)c1. The molecule has 0 N–H and O–H groups in total. The topological polar surface area (TPSA) is 0 Å². The lowest BCUT2D eigenvalue weighted by Crippen LogP contribution is -2.75. The summed E-state index contributed by atoms with van der Waals surface area (Å²) in [5.74, 6) is 0. The summed E-state index contributed by atoms with van der Waals surface area (Å²) in [5, 5.41) is 6.28. The first-order chi connectivity index (χ1) is 15.8. The summed E-state index contributed by atoms with van der Waals surface area (Å²) in [6.45, 7) is 0. The Balaban J connectivity index is 1.89. The van der Waals surface area contributed by atoms with Crippen molar-refractivity contribution in [1.29, 1.82) is 0 Å². The minimum absolute atomic E-state index is 0.780. The van der Waals surface area contributed by atoms with Gasteiger partial charge in [0.15, 0.2) is 8.07 Å². The molecule has 1 aliphatic rings. The summed E-state index contributed by atoms with van der Waals surface area (Å²) in [4.78, 5) is 0. The third kappa shape index (κ3) is 2.75. The molecule has 5 aromatic carbocycles. The van der Waals surface area contributed by atoms with E-state index in [1.165, 1.54) is 43.0 Å². The molecule has 0 unspecified atom stereocenters. The third-order valence-electron chi connectivity index (χ3n) is 6.63. The molecule has 0 spiro atoms. The molecule has 152 valence electrons. The van der Waals surface area contributed by atoms with E-state index in [1.54, 1.807) is 0 Å². The van der Waals surface area contributed by atoms with Crippen LogP contribution in [0, 0.1) is 0 Å². The molecule has 0 bridgehead atoms. The summed E-state index contributed by atoms with van der Waals surface area (Å²) in [6, 6.07) is 46.3. The van der Waals surface area contributed by atoms with Crippen molar-refractivity contribution in [2.24, 2.45) is 0 Å². The second-order valence-electron chi connectivity index (χ2n) is 8.26. The Bertz CT molecular complexity index is 1370. The van der Waals surface area contributed by atoms with Gasteiger partial charge in [0.25, 0.3) is 0 Å². The quantitative estimate of drug-likeness (QED) is 0.315. The van der Waals surface area contributed by atoms with Gasteiger partial charge in [-0.3, -0.25) is 0 Å². The molecule has 1 aliphatic heterocycles. The maximum Gasteiger partial charge on any atom is 0.180 e. The Morgan fingerprint density at radius 3 is 1.44 bits per heavy atom. The van der Waals surface area contributed by atoms with Crippen molar-refractivity contribution in [2.45, 2.75) is 0 Å². The standard InChI is InChI=1S/C30H21ClSi/c31-22-11-10-14-24(21-22)32(23-12-2-1-3-13-23)29-19-8-6-17-27(29)25-15-4-5-16-26(25)28-18-7-9-20-30(28)32/h1-21H. The van der Waals surface area contributed by atoms with Crippen molar-refractivity contribution >= 4 is 40.4 Å². The fourth-order valence-electron chi connectivity index (χ4n) is 5.39. The second-order valence-corrected chi connectivity index (χ2v) is 12.4. The fourth-order valence-corrected chi connectivity index (χ4v) is 10.9. The van der Waals surface area contributed by atoms with Crippen LogP contribution in [0.5, 0.6) is 0 Å². The average molecular weight is 445 g/mol. The summed E-state index contributed by atoms with van der Waals surface area (Å²) in [7, 11) is -2.64. The Hall–Kier alpha value is -3.39. The van der Waals surface area contributed by atoms with Gasteiger partial charge in [-0.1, -0.05) is 127 Å². The Morgan fingerprint density at radius 1 is 0.406 bits per heavy atom. The predicted octanol–water partition coefficient (Wildman–Crippen LogP) is 5.36. The normalized spacial score (nSPS) is 13.4. The van der Waals surface area contributed by atoms with E-state index in [1.807, 2.05) is 6.07 Å². The van der Waals surface area contributed by atoms with Crippen LogP contribution < -0.4 is 20.7 Å². The van der Waals surface area contributed by atoms with Gasteiger partial charge in [0, 0.05) is 5.02 Å². The lowest BCUT2D eigenvalue weighted by molar-refractivity contribution is 1.62. The summed E-state index contributed by atoms with van der Waals surface area (Å²) >= 11 is 6.62. The van der Waals surface area contributed by atoms with Gasteiger partial charge >= 0.3 is 0 Å². The Labute approximate surface area is 194 Å². The molecule has 0 fully saturated rings. The van der Waals surface area contributed by atoms with Crippen molar-refractivity contribution in [1.82, 2.24) is 0 Å². The van der Waals surface area contributed by atoms with Crippen molar-refractivity contribution in [3.8, 4) is 22.3 Å². The van der Waals surface area contributed by atoms with Crippen LogP contribution in [0.2, 0.25) is 5.02 Å². The smallest absolute Gasteiger partial charge is 0.0843 e. The largest absolute Gasteiger partial charge is 0.180 e. The number of halogens is 1. The number of hydrogen-bond donors (Lipinski definition) is 0. The monoisotopic (exact) mass is 444 g/mol. The van der Waals surface area contributed by atoms with E-state index >= 15 is 0 Å². The Morgan fingerprint density at radius 2 is 0.875 bits per heavy atom. The van der Waals surface area contributed by atoms with Gasteiger partial charge < -0.3 is 0 Å². The lowest BCUT2D eigenvalue weighted by Gasteiger charge is -2.35. The molecule has 0 saturated carbocycles. The van der Waals surface area contributed by atoms with Gasteiger partial charge in [-0.25, -0.2) is 0 Å². The van der Waals surface area contributed by atoms with E-state index in [0.29, 0.717) is 0 Å². The average Bonchev–Trinajstić information content (AvgIpc) is 2.97. The van der Waals surface area contributed by atoms with E-state index in [0.717, 1.165) is 5.02 Å². The zero-order valence-electron chi connectivity index (χ0n) is 17.5. The first-order valence-corrected chi connectivity index (χ1v) is 13.3. The van der Waals surface area contributed by atoms with Gasteiger partial charge in [-0.2, -0.15) is 0 Å². The highest BCUT2D eigenvalue weighted by molar-refractivity contribution is 7.21. The van der Waals surface area contributed by atoms with Gasteiger partial charge in [0.2, 0.25) is 0 Å². The molecule has 5 aromatic rings. The van der Waals surface area contributed by atoms with E-state index in [9.17, 15) is 0 Å². The van der Waals surface area contributed by atoms with Gasteiger partial charge in [-0.05, 0) is 55.1 Å². The molecule has 1 heterocycles. The van der Waals surface area contributed by atoms with Gasteiger partial charge in [0.1, 0.15) is 0 Å². The summed E-state index contributed by atoms with van der Waals surface area (Å²) in [5.41, 5.74) is 5.22. The molecule has 2 heteroatoms. The first-order valence-electron chi connectivity index (χ1n) is 10.9. The zero-order valence-corrected chi connectivity index (χ0v) is 19.3.